The normalized spacial score (nSPS) is 26.0. The maximum atomic E-state index is 12.3. The summed E-state index contributed by atoms with van der Waals surface area (Å²) in [6, 6.07) is 0.377. The highest BCUT2D eigenvalue weighted by Gasteiger charge is 2.26. The van der Waals surface area contributed by atoms with Gasteiger partial charge in [0.25, 0.3) is 0 Å². The van der Waals surface area contributed by atoms with E-state index in [2.05, 4.69) is 25.2 Å². The number of guanidine groups is 1. The Bertz CT molecular complexity index is 637. The van der Waals surface area contributed by atoms with Gasteiger partial charge in [-0.3, -0.25) is 4.99 Å². The van der Waals surface area contributed by atoms with E-state index in [-0.39, 0.29) is 42.4 Å². The Balaban J connectivity index is 0.00000341. The van der Waals surface area contributed by atoms with Crippen molar-refractivity contribution in [2.75, 3.05) is 51.6 Å². The number of nitrogens with zero attached hydrogens (tertiary/aromatic N) is 2. The summed E-state index contributed by atoms with van der Waals surface area (Å²) < 4.78 is 32.8. The van der Waals surface area contributed by atoms with Gasteiger partial charge in [0.05, 0.1) is 18.4 Å². The van der Waals surface area contributed by atoms with Crippen LogP contribution >= 0.6 is 24.0 Å². The van der Waals surface area contributed by atoms with Gasteiger partial charge in [-0.05, 0) is 51.4 Å². The molecule has 0 radical (unpaired) electrons. The number of halogens is 1. The molecular formula is C21H42IN5O3S. The van der Waals surface area contributed by atoms with Crippen LogP contribution in [0.5, 0.6) is 0 Å². The second kappa shape index (κ2) is 14.2. The molecule has 2 saturated heterocycles. The maximum Gasteiger partial charge on any atom is 0.213 e. The number of likely N-dealkylation sites (tertiary alicyclic amines) is 1. The van der Waals surface area contributed by atoms with Crippen LogP contribution in [0, 0.1) is 5.92 Å². The highest BCUT2D eigenvalue weighted by molar-refractivity contribution is 14.0. The highest BCUT2D eigenvalue weighted by Crippen LogP contribution is 2.26. The van der Waals surface area contributed by atoms with Gasteiger partial charge in [-0.15, -0.1) is 24.0 Å². The van der Waals surface area contributed by atoms with Gasteiger partial charge in [0.1, 0.15) is 0 Å². The first-order valence-electron chi connectivity index (χ1n) is 11.9. The van der Waals surface area contributed by atoms with E-state index in [1.54, 1.807) is 0 Å². The van der Waals surface area contributed by atoms with E-state index in [0.717, 1.165) is 63.8 Å². The van der Waals surface area contributed by atoms with Crippen molar-refractivity contribution < 1.29 is 13.2 Å². The summed E-state index contributed by atoms with van der Waals surface area (Å²) in [5.41, 5.74) is 0. The van der Waals surface area contributed by atoms with E-state index in [1.807, 2.05) is 6.92 Å². The highest BCUT2D eigenvalue weighted by atomic mass is 127. The minimum atomic E-state index is -3.34. The van der Waals surface area contributed by atoms with Crippen LogP contribution in [-0.4, -0.2) is 83.1 Å². The molecule has 0 aromatic carbocycles. The second-order valence-corrected chi connectivity index (χ2v) is 10.9. The van der Waals surface area contributed by atoms with Gasteiger partial charge in [0.2, 0.25) is 10.0 Å². The number of ether oxygens (including phenoxy) is 1. The lowest BCUT2D eigenvalue weighted by Crippen LogP contribution is -2.45. The number of hydrogen-bond acceptors (Lipinski definition) is 5. The fourth-order valence-electron chi connectivity index (χ4n) is 4.73. The molecule has 0 amide bonds. The predicted octanol–water partition coefficient (Wildman–Crippen LogP) is 1.91. The summed E-state index contributed by atoms with van der Waals surface area (Å²) in [7, 11) is -3.34. The Morgan fingerprint density at radius 3 is 2.61 bits per heavy atom. The smallest absolute Gasteiger partial charge is 0.213 e. The average molecular weight is 572 g/mol. The molecule has 182 valence electrons. The van der Waals surface area contributed by atoms with Gasteiger partial charge in [-0.1, -0.05) is 12.8 Å². The fourth-order valence-corrected chi connectivity index (χ4v) is 5.64. The molecule has 10 heteroatoms. The van der Waals surface area contributed by atoms with Crippen LogP contribution in [0.4, 0.5) is 0 Å². The molecule has 3 rings (SSSR count). The lowest BCUT2D eigenvalue weighted by molar-refractivity contribution is 0.0200. The lowest BCUT2D eigenvalue weighted by atomic mass is 10.1. The van der Waals surface area contributed by atoms with Crippen molar-refractivity contribution in [2.45, 2.75) is 70.4 Å². The molecule has 3 fully saturated rings. The van der Waals surface area contributed by atoms with Crippen molar-refractivity contribution in [1.29, 1.82) is 0 Å². The van der Waals surface area contributed by atoms with E-state index in [9.17, 15) is 8.42 Å². The van der Waals surface area contributed by atoms with E-state index in [0.29, 0.717) is 12.6 Å². The molecule has 0 bridgehead atoms. The second-order valence-electron chi connectivity index (χ2n) is 8.96. The molecule has 1 aliphatic carbocycles. The molecule has 2 unspecified atom stereocenters. The molecule has 0 spiro atoms. The van der Waals surface area contributed by atoms with Crippen molar-refractivity contribution in [2.24, 2.45) is 10.9 Å². The Hall–Kier alpha value is -0.170. The van der Waals surface area contributed by atoms with Crippen LogP contribution in [0.3, 0.4) is 0 Å². The summed E-state index contributed by atoms with van der Waals surface area (Å²) in [4.78, 5) is 7.08. The molecule has 2 heterocycles. The summed E-state index contributed by atoms with van der Waals surface area (Å²) in [6.45, 7) is 7.53. The first-order valence-corrected chi connectivity index (χ1v) is 13.6. The quantitative estimate of drug-likeness (QED) is 0.211. The first kappa shape index (κ1) is 27.1. The van der Waals surface area contributed by atoms with Crippen LogP contribution in [-0.2, 0) is 14.8 Å². The molecule has 3 aliphatic rings. The molecule has 8 nitrogen and oxygen atoms in total. The minimum Gasteiger partial charge on any atom is -0.377 e. The molecule has 3 N–H and O–H groups in total. The third-order valence-electron chi connectivity index (χ3n) is 6.38. The molecule has 0 aromatic rings. The van der Waals surface area contributed by atoms with E-state index in [1.165, 1.54) is 32.2 Å². The zero-order chi connectivity index (χ0) is 21.2. The van der Waals surface area contributed by atoms with E-state index >= 15 is 0 Å². The van der Waals surface area contributed by atoms with Gasteiger partial charge in [-0.2, -0.15) is 0 Å². The maximum absolute atomic E-state index is 12.3. The number of sulfonamides is 1. The third-order valence-corrected chi connectivity index (χ3v) is 7.71. The standard InChI is InChI=1S/C21H41N5O3S.HI/c1-2-22-21(25-19-10-12-26(17-19)16-18-7-3-4-8-18)23-11-14-30(27,28)24-15-20-9-5-6-13-29-20;/h18-20,24H,2-17H2,1H3,(H2,22,23,25);1H. The molecule has 1 saturated carbocycles. The van der Waals surface area contributed by atoms with Crippen molar-refractivity contribution in [3.8, 4) is 0 Å². The third kappa shape index (κ3) is 10.1. The fraction of sp³-hybridized carbons (Fsp3) is 0.952. The van der Waals surface area contributed by atoms with Crippen molar-refractivity contribution >= 4 is 40.0 Å². The Morgan fingerprint density at radius 1 is 1.13 bits per heavy atom. The number of aliphatic imine (C=N–C) groups is 1. The van der Waals surface area contributed by atoms with Crippen molar-refractivity contribution in [3.63, 3.8) is 0 Å². The van der Waals surface area contributed by atoms with Crippen LogP contribution < -0.4 is 15.4 Å². The Kier molecular flexibility index (Phi) is 12.4. The monoisotopic (exact) mass is 571 g/mol. The first-order chi connectivity index (χ1) is 14.5. The number of hydrogen-bond donors (Lipinski definition) is 3. The SMILES string of the molecule is CCNC(=NCCS(=O)(=O)NCC1CCCCO1)NC1CCN(CC2CCCC2)C1.I. The lowest BCUT2D eigenvalue weighted by Gasteiger charge is -2.22. The van der Waals surface area contributed by atoms with Crippen LogP contribution in [0.1, 0.15) is 58.3 Å². The zero-order valence-electron chi connectivity index (χ0n) is 19.0. The number of nitrogens with one attached hydrogen (secondary N) is 3. The number of rotatable bonds is 10. The molecule has 2 atom stereocenters. The zero-order valence-corrected chi connectivity index (χ0v) is 22.1. The van der Waals surface area contributed by atoms with Gasteiger partial charge in [-0.25, -0.2) is 13.1 Å². The van der Waals surface area contributed by atoms with Crippen LogP contribution in [0.25, 0.3) is 0 Å². The van der Waals surface area contributed by atoms with Gasteiger partial charge in [0.15, 0.2) is 5.96 Å². The van der Waals surface area contributed by atoms with Gasteiger partial charge in [0, 0.05) is 45.4 Å². The largest absolute Gasteiger partial charge is 0.377 e. The summed E-state index contributed by atoms with van der Waals surface area (Å²) in [6.07, 6.45) is 9.76. The summed E-state index contributed by atoms with van der Waals surface area (Å²) in [5, 5.41) is 6.76. The van der Waals surface area contributed by atoms with E-state index < -0.39 is 10.0 Å². The van der Waals surface area contributed by atoms with Crippen molar-refractivity contribution in [1.82, 2.24) is 20.3 Å². The topological polar surface area (TPSA) is 95.1 Å². The van der Waals surface area contributed by atoms with Gasteiger partial charge < -0.3 is 20.3 Å². The minimum absolute atomic E-state index is 0. The summed E-state index contributed by atoms with van der Waals surface area (Å²) in [5.74, 6) is 1.59. The molecule has 2 aliphatic heterocycles. The summed E-state index contributed by atoms with van der Waals surface area (Å²) >= 11 is 0. The predicted molar refractivity (Wildman–Crippen MR) is 137 cm³/mol. The Morgan fingerprint density at radius 2 is 1.90 bits per heavy atom. The molecular weight excluding hydrogens is 529 g/mol. The molecule has 0 aromatic heterocycles. The van der Waals surface area contributed by atoms with Crippen LogP contribution in [0.2, 0.25) is 0 Å². The van der Waals surface area contributed by atoms with Crippen LogP contribution in [0.15, 0.2) is 4.99 Å². The average Bonchev–Trinajstić information content (AvgIpc) is 3.40. The Labute approximate surface area is 205 Å². The van der Waals surface area contributed by atoms with E-state index in [4.69, 9.17) is 4.74 Å². The molecule has 31 heavy (non-hydrogen) atoms. The van der Waals surface area contributed by atoms with Crippen molar-refractivity contribution in [3.05, 3.63) is 0 Å². The van der Waals surface area contributed by atoms with Gasteiger partial charge >= 0.3 is 0 Å².